The molecule has 0 amide bonds. The molecule has 7 nitrogen and oxygen atoms in total. The molecule has 0 fully saturated rings. The van der Waals surface area contributed by atoms with Crippen molar-refractivity contribution in [2.75, 3.05) is 20.3 Å². The van der Waals surface area contributed by atoms with Gasteiger partial charge in [0.1, 0.15) is 12.6 Å². The highest BCUT2D eigenvalue weighted by Crippen LogP contribution is 2.22. The number of carbonyl (C=O) groups excluding carboxylic acids is 1. The Bertz CT molecular complexity index is 495. The van der Waals surface area contributed by atoms with Gasteiger partial charge in [0.15, 0.2) is 11.6 Å². The van der Waals surface area contributed by atoms with Gasteiger partial charge in [-0.05, 0) is 20.0 Å². The standard InChI is InChI=1S/C12H15FN2O5/c1-3-19-12(16)10(14-2)7-20-11-5-4-8(15(17)18)6-9(11)13/h4-6,10,14H,3,7H2,1-2H3. The third-order valence-electron chi connectivity index (χ3n) is 2.45. The first kappa shape index (κ1) is 15.8. The van der Waals surface area contributed by atoms with E-state index in [2.05, 4.69) is 5.32 Å². The molecule has 0 aliphatic heterocycles. The normalized spacial score (nSPS) is 11.8. The minimum absolute atomic E-state index is 0.149. The number of rotatable bonds is 7. The van der Waals surface area contributed by atoms with Crippen LogP contribution in [0.5, 0.6) is 5.75 Å². The summed E-state index contributed by atoms with van der Waals surface area (Å²) < 4.78 is 23.5. The van der Waals surface area contributed by atoms with E-state index in [1.807, 2.05) is 0 Å². The molecule has 0 aliphatic rings. The summed E-state index contributed by atoms with van der Waals surface area (Å²) in [7, 11) is 1.54. The second-order valence-electron chi connectivity index (χ2n) is 3.78. The van der Waals surface area contributed by atoms with Gasteiger partial charge in [0.05, 0.1) is 17.6 Å². The quantitative estimate of drug-likeness (QED) is 0.461. The fourth-order valence-corrected chi connectivity index (χ4v) is 1.41. The zero-order valence-electron chi connectivity index (χ0n) is 11.1. The SMILES string of the molecule is CCOC(=O)C(COc1ccc([N+](=O)[O-])cc1F)NC. The summed E-state index contributed by atoms with van der Waals surface area (Å²) in [5.41, 5.74) is -0.370. The molecule has 1 aromatic rings. The second kappa shape index (κ2) is 7.39. The number of nitro benzene ring substituents is 1. The van der Waals surface area contributed by atoms with Gasteiger partial charge in [0, 0.05) is 6.07 Å². The first-order chi connectivity index (χ1) is 9.49. The number of nitrogens with one attached hydrogen (secondary N) is 1. The summed E-state index contributed by atoms with van der Waals surface area (Å²) in [6.45, 7) is 1.74. The largest absolute Gasteiger partial charge is 0.488 e. The molecule has 20 heavy (non-hydrogen) atoms. The lowest BCUT2D eigenvalue weighted by atomic mass is 10.3. The average Bonchev–Trinajstić information content (AvgIpc) is 2.41. The number of benzene rings is 1. The number of nitro groups is 1. The lowest BCUT2D eigenvalue weighted by molar-refractivity contribution is -0.385. The first-order valence-electron chi connectivity index (χ1n) is 5.90. The fourth-order valence-electron chi connectivity index (χ4n) is 1.41. The lowest BCUT2D eigenvalue weighted by Gasteiger charge is -2.15. The van der Waals surface area contributed by atoms with E-state index < -0.39 is 22.8 Å². The smallest absolute Gasteiger partial charge is 0.326 e. The van der Waals surface area contributed by atoms with Crippen LogP contribution in [0, 0.1) is 15.9 Å². The molecule has 0 heterocycles. The van der Waals surface area contributed by atoms with Crippen LogP contribution in [-0.2, 0) is 9.53 Å². The Morgan fingerprint density at radius 2 is 2.25 bits per heavy atom. The number of halogens is 1. The van der Waals surface area contributed by atoms with E-state index in [4.69, 9.17) is 9.47 Å². The highest BCUT2D eigenvalue weighted by molar-refractivity contribution is 5.75. The molecule has 0 saturated carbocycles. The Kier molecular flexibility index (Phi) is 5.85. The summed E-state index contributed by atoms with van der Waals surface area (Å²) >= 11 is 0. The minimum Gasteiger partial charge on any atom is -0.488 e. The van der Waals surface area contributed by atoms with E-state index in [9.17, 15) is 19.3 Å². The van der Waals surface area contributed by atoms with Crippen molar-refractivity contribution >= 4 is 11.7 Å². The highest BCUT2D eigenvalue weighted by atomic mass is 19.1. The van der Waals surface area contributed by atoms with Crippen LogP contribution in [0.1, 0.15) is 6.92 Å². The van der Waals surface area contributed by atoms with Crippen molar-refractivity contribution in [2.24, 2.45) is 0 Å². The Morgan fingerprint density at radius 3 is 2.75 bits per heavy atom. The summed E-state index contributed by atoms with van der Waals surface area (Å²) in [5.74, 6) is -1.55. The number of hydrogen-bond acceptors (Lipinski definition) is 6. The molecule has 110 valence electrons. The molecule has 1 atom stereocenters. The van der Waals surface area contributed by atoms with E-state index in [0.29, 0.717) is 0 Å². The molecular formula is C12H15FN2O5. The number of carbonyl (C=O) groups is 1. The molecule has 1 aromatic carbocycles. The van der Waals surface area contributed by atoms with Gasteiger partial charge in [-0.1, -0.05) is 0 Å². The van der Waals surface area contributed by atoms with Crippen molar-refractivity contribution in [1.82, 2.24) is 5.32 Å². The number of nitrogens with zero attached hydrogens (tertiary/aromatic N) is 1. The van der Waals surface area contributed by atoms with Crippen LogP contribution in [0.3, 0.4) is 0 Å². The van der Waals surface area contributed by atoms with Gasteiger partial charge in [0.25, 0.3) is 5.69 Å². The maximum Gasteiger partial charge on any atom is 0.326 e. The minimum atomic E-state index is -0.863. The molecule has 0 aromatic heterocycles. The van der Waals surface area contributed by atoms with E-state index in [-0.39, 0.29) is 24.7 Å². The van der Waals surface area contributed by atoms with Gasteiger partial charge in [-0.25, -0.2) is 4.39 Å². The van der Waals surface area contributed by atoms with Gasteiger partial charge >= 0.3 is 5.97 Å². The first-order valence-corrected chi connectivity index (χ1v) is 5.90. The fraction of sp³-hybridized carbons (Fsp3) is 0.417. The van der Waals surface area contributed by atoms with Crippen LogP contribution < -0.4 is 10.1 Å². The third-order valence-corrected chi connectivity index (χ3v) is 2.45. The third kappa shape index (κ3) is 4.16. The molecule has 0 bridgehead atoms. The van der Waals surface area contributed by atoms with E-state index in [1.54, 1.807) is 6.92 Å². The molecule has 0 radical (unpaired) electrons. The predicted molar refractivity (Wildman–Crippen MR) is 68.0 cm³/mol. The van der Waals surface area contributed by atoms with Crippen molar-refractivity contribution in [2.45, 2.75) is 13.0 Å². The molecule has 1 unspecified atom stereocenters. The van der Waals surface area contributed by atoms with Gasteiger partial charge in [-0.3, -0.25) is 14.9 Å². The maximum absolute atomic E-state index is 13.5. The molecule has 8 heteroatoms. The molecule has 0 spiro atoms. The number of likely N-dealkylation sites (N-methyl/N-ethyl adjacent to an activating group) is 1. The van der Waals surface area contributed by atoms with Gasteiger partial charge in [-0.15, -0.1) is 0 Å². The zero-order valence-corrected chi connectivity index (χ0v) is 11.1. The summed E-state index contributed by atoms with van der Waals surface area (Å²) in [6, 6.07) is 2.28. The van der Waals surface area contributed by atoms with Crippen molar-refractivity contribution < 1.29 is 23.6 Å². The van der Waals surface area contributed by atoms with Crippen LogP contribution in [0.25, 0.3) is 0 Å². The lowest BCUT2D eigenvalue weighted by Crippen LogP contribution is -2.40. The van der Waals surface area contributed by atoms with E-state index in [0.717, 1.165) is 18.2 Å². The summed E-state index contributed by atoms with van der Waals surface area (Å²) in [6.07, 6.45) is 0. The molecule has 0 aliphatic carbocycles. The Morgan fingerprint density at radius 1 is 1.55 bits per heavy atom. The van der Waals surface area contributed by atoms with Crippen molar-refractivity contribution in [3.63, 3.8) is 0 Å². The van der Waals surface area contributed by atoms with Gasteiger partial charge < -0.3 is 14.8 Å². The topological polar surface area (TPSA) is 90.7 Å². The number of ether oxygens (including phenoxy) is 2. The molecule has 1 N–H and O–H groups in total. The van der Waals surface area contributed by atoms with E-state index in [1.165, 1.54) is 7.05 Å². The summed E-state index contributed by atoms with van der Waals surface area (Å²) in [5, 5.41) is 13.1. The van der Waals surface area contributed by atoms with Crippen LogP contribution in [0.4, 0.5) is 10.1 Å². The number of esters is 1. The highest BCUT2D eigenvalue weighted by Gasteiger charge is 2.19. The Hall–Kier alpha value is -2.22. The van der Waals surface area contributed by atoms with Crippen LogP contribution >= 0.6 is 0 Å². The van der Waals surface area contributed by atoms with Crippen LogP contribution in [0.2, 0.25) is 0 Å². The van der Waals surface area contributed by atoms with Crippen LogP contribution in [0.15, 0.2) is 18.2 Å². The van der Waals surface area contributed by atoms with Gasteiger partial charge in [0.2, 0.25) is 0 Å². The second-order valence-corrected chi connectivity index (χ2v) is 3.78. The Labute approximate surface area is 114 Å². The average molecular weight is 286 g/mol. The molecule has 1 rings (SSSR count). The Balaban J connectivity index is 2.69. The zero-order chi connectivity index (χ0) is 15.1. The maximum atomic E-state index is 13.5. The number of hydrogen-bond donors (Lipinski definition) is 1. The van der Waals surface area contributed by atoms with Crippen molar-refractivity contribution in [3.8, 4) is 5.75 Å². The van der Waals surface area contributed by atoms with Crippen molar-refractivity contribution in [3.05, 3.63) is 34.1 Å². The van der Waals surface area contributed by atoms with Crippen molar-refractivity contribution in [1.29, 1.82) is 0 Å². The summed E-state index contributed by atoms with van der Waals surface area (Å²) in [4.78, 5) is 21.2. The van der Waals surface area contributed by atoms with Crippen LogP contribution in [-0.4, -0.2) is 37.2 Å². The predicted octanol–water partition coefficient (Wildman–Crippen LogP) is 1.26. The monoisotopic (exact) mass is 286 g/mol. The molecule has 0 saturated heterocycles. The van der Waals surface area contributed by atoms with E-state index >= 15 is 0 Å². The molecular weight excluding hydrogens is 271 g/mol. The number of non-ortho nitro benzene ring substituents is 1. The van der Waals surface area contributed by atoms with Gasteiger partial charge in [-0.2, -0.15) is 0 Å².